The first-order valence-corrected chi connectivity index (χ1v) is 12.1. The fourth-order valence-corrected chi connectivity index (χ4v) is 4.65. The van der Waals surface area contributed by atoms with Crippen molar-refractivity contribution in [2.24, 2.45) is 0 Å². The number of ether oxygens (including phenoxy) is 1. The Morgan fingerprint density at radius 1 is 1.21 bits per heavy atom. The molecule has 0 bridgehead atoms. The van der Waals surface area contributed by atoms with Crippen LogP contribution in [0.3, 0.4) is 0 Å². The molecule has 1 aliphatic rings. The molecule has 33 heavy (non-hydrogen) atoms. The van der Waals surface area contributed by atoms with E-state index in [1.807, 2.05) is 10.1 Å². The van der Waals surface area contributed by atoms with E-state index in [0.717, 1.165) is 60.4 Å². The molecule has 0 atom stereocenters. The van der Waals surface area contributed by atoms with Gasteiger partial charge in [-0.3, -0.25) is 14.4 Å². The highest BCUT2D eigenvalue weighted by atomic mass is 32.1. The third-order valence-corrected chi connectivity index (χ3v) is 6.42. The molecule has 7 nitrogen and oxygen atoms in total. The van der Waals surface area contributed by atoms with E-state index in [-0.39, 0.29) is 23.7 Å². The molecule has 176 valence electrons. The van der Waals surface area contributed by atoms with Gasteiger partial charge in [0.05, 0.1) is 48.3 Å². The van der Waals surface area contributed by atoms with E-state index in [1.54, 1.807) is 18.3 Å². The van der Waals surface area contributed by atoms with Crippen LogP contribution in [0.5, 0.6) is 0 Å². The SMILES string of the molecule is CC(C)(C)n1ncc(-c2nc(CC(=O)NCCN3CCOCC3)cs2)c1-c1ccc(F)cc1. The largest absolute Gasteiger partial charge is 0.379 e. The van der Waals surface area contributed by atoms with Crippen molar-refractivity contribution in [3.05, 3.63) is 47.4 Å². The van der Waals surface area contributed by atoms with Gasteiger partial charge in [0.25, 0.3) is 0 Å². The second kappa shape index (κ2) is 10.1. The molecule has 0 spiro atoms. The zero-order chi connectivity index (χ0) is 23.4. The molecule has 9 heteroatoms. The van der Waals surface area contributed by atoms with Crippen molar-refractivity contribution in [3.63, 3.8) is 0 Å². The van der Waals surface area contributed by atoms with Gasteiger partial charge in [0.15, 0.2) is 0 Å². The van der Waals surface area contributed by atoms with Crippen LogP contribution in [0.25, 0.3) is 21.8 Å². The fourth-order valence-electron chi connectivity index (χ4n) is 3.82. The molecular weight excluding hydrogens is 441 g/mol. The van der Waals surface area contributed by atoms with Gasteiger partial charge in [-0.2, -0.15) is 5.10 Å². The first-order chi connectivity index (χ1) is 15.8. The maximum atomic E-state index is 13.5. The van der Waals surface area contributed by atoms with E-state index in [4.69, 9.17) is 9.72 Å². The summed E-state index contributed by atoms with van der Waals surface area (Å²) in [7, 11) is 0. The summed E-state index contributed by atoms with van der Waals surface area (Å²) in [6.07, 6.45) is 2.04. The number of nitrogens with one attached hydrogen (secondary N) is 1. The molecule has 0 radical (unpaired) electrons. The summed E-state index contributed by atoms with van der Waals surface area (Å²) in [6, 6.07) is 6.42. The Balaban J connectivity index is 1.47. The molecule has 3 aromatic rings. The molecule has 1 amide bonds. The molecule has 1 aromatic carbocycles. The Morgan fingerprint density at radius 3 is 2.64 bits per heavy atom. The van der Waals surface area contributed by atoms with Crippen molar-refractivity contribution in [1.82, 2.24) is 25.0 Å². The van der Waals surface area contributed by atoms with Crippen LogP contribution in [0.1, 0.15) is 26.5 Å². The van der Waals surface area contributed by atoms with Crippen LogP contribution in [0.15, 0.2) is 35.8 Å². The fraction of sp³-hybridized carbons (Fsp3) is 0.458. The molecule has 1 N–H and O–H groups in total. The number of halogens is 1. The van der Waals surface area contributed by atoms with Gasteiger partial charge in [-0.05, 0) is 45.0 Å². The Kier molecular flexibility index (Phi) is 7.21. The molecule has 0 unspecified atom stereocenters. The number of hydrogen-bond acceptors (Lipinski definition) is 6. The lowest BCUT2D eigenvalue weighted by atomic mass is 10.0. The summed E-state index contributed by atoms with van der Waals surface area (Å²) in [6.45, 7) is 11.0. The minimum atomic E-state index is -0.279. The van der Waals surface area contributed by atoms with Crippen LogP contribution in [-0.2, 0) is 21.5 Å². The van der Waals surface area contributed by atoms with Crippen molar-refractivity contribution >= 4 is 17.2 Å². The highest BCUT2D eigenvalue weighted by molar-refractivity contribution is 7.13. The summed E-state index contributed by atoms with van der Waals surface area (Å²) < 4.78 is 20.8. The predicted molar refractivity (Wildman–Crippen MR) is 128 cm³/mol. The number of benzene rings is 1. The summed E-state index contributed by atoms with van der Waals surface area (Å²) in [4.78, 5) is 19.4. The molecule has 0 aliphatic carbocycles. The molecule has 0 saturated carbocycles. The lowest BCUT2D eigenvalue weighted by Gasteiger charge is -2.26. The highest BCUT2D eigenvalue weighted by Crippen LogP contribution is 2.36. The van der Waals surface area contributed by atoms with E-state index < -0.39 is 0 Å². The number of aromatic nitrogens is 3. The molecule has 1 saturated heterocycles. The zero-order valence-electron chi connectivity index (χ0n) is 19.3. The Morgan fingerprint density at radius 2 is 1.94 bits per heavy atom. The first kappa shape index (κ1) is 23.5. The van der Waals surface area contributed by atoms with E-state index in [1.165, 1.54) is 23.5 Å². The van der Waals surface area contributed by atoms with Gasteiger partial charge in [0.1, 0.15) is 10.8 Å². The third kappa shape index (κ3) is 5.85. The molecule has 1 aliphatic heterocycles. The number of thiazole rings is 1. The van der Waals surface area contributed by atoms with E-state index in [0.29, 0.717) is 6.54 Å². The summed E-state index contributed by atoms with van der Waals surface area (Å²) in [5.41, 5.74) is 3.10. The first-order valence-electron chi connectivity index (χ1n) is 11.2. The second-order valence-corrected chi connectivity index (χ2v) is 9.98. The summed E-state index contributed by atoms with van der Waals surface area (Å²) >= 11 is 1.49. The van der Waals surface area contributed by atoms with Crippen LogP contribution >= 0.6 is 11.3 Å². The molecule has 3 heterocycles. The maximum absolute atomic E-state index is 13.5. The Hall–Kier alpha value is -2.62. The Labute approximate surface area is 197 Å². The van der Waals surface area contributed by atoms with Gasteiger partial charge in [0.2, 0.25) is 5.91 Å². The smallest absolute Gasteiger partial charge is 0.226 e. The van der Waals surface area contributed by atoms with Gasteiger partial charge in [-0.1, -0.05) is 0 Å². The van der Waals surface area contributed by atoms with Gasteiger partial charge in [0, 0.05) is 37.1 Å². The monoisotopic (exact) mass is 471 g/mol. The minimum absolute atomic E-state index is 0.0377. The quantitative estimate of drug-likeness (QED) is 0.571. The van der Waals surface area contributed by atoms with Gasteiger partial charge < -0.3 is 10.1 Å². The molecule has 2 aromatic heterocycles. The predicted octanol–water partition coefficient (Wildman–Crippen LogP) is 3.56. The number of nitrogens with zero attached hydrogens (tertiary/aromatic N) is 4. The average molecular weight is 472 g/mol. The van der Waals surface area contributed by atoms with Crippen molar-refractivity contribution in [2.45, 2.75) is 32.7 Å². The lowest BCUT2D eigenvalue weighted by molar-refractivity contribution is -0.120. The second-order valence-electron chi connectivity index (χ2n) is 9.12. The van der Waals surface area contributed by atoms with Crippen LogP contribution < -0.4 is 5.32 Å². The summed E-state index contributed by atoms with van der Waals surface area (Å²) in [5.74, 6) is -0.317. The third-order valence-electron chi connectivity index (χ3n) is 5.50. The standard InChI is InChI=1S/C24H30FN5O2S/c1-24(2,3)30-22(17-4-6-18(25)7-5-17)20(15-27-30)23-28-19(16-33-23)14-21(31)26-8-9-29-10-12-32-13-11-29/h4-7,15-16H,8-14H2,1-3H3,(H,26,31). The number of amides is 1. The van der Waals surface area contributed by atoms with E-state index >= 15 is 0 Å². The number of carbonyl (C=O) groups is 1. The van der Waals surface area contributed by atoms with Crippen molar-refractivity contribution in [3.8, 4) is 21.8 Å². The van der Waals surface area contributed by atoms with Crippen LogP contribution in [-0.4, -0.2) is 65.0 Å². The van der Waals surface area contributed by atoms with Gasteiger partial charge >= 0.3 is 0 Å². The topological polar surface area (TPSA) is 72.3 Å². The van der Waals surface area contributed by atoms with Gasteiger partial charge in [-0.25, -0.2) is 9.37 Å². The summed E-state index contributed by atoms with van der Waals surface area (Å²) in [5, 5.41) is 10.3. The van der Waals surface area contributed by atoms with Crippen molar-refractivity contribution < 1.29 is 13.9 Å². The van der Waals surface area contributed by atoms with Gasteiger partial charge in [-0.15, -0.1) is 11.3 Å². The minimum Gasteiger partial charge on any atom is -0.379 e. The van der Waals surface area contributed by atoms with Crippen molar-refractivity contribution in [1.29, 1.82) is 0 Å². The molecule has 1 fully saturated rings. The van der Waals surface area contributed by atoms with Crippen molar-refractivity contribution in [2.75, 3.05) is 39.4 Å². The highest BCUT2D eigenvalue weighted by Gasteiger charge is 2.24. The normalized spacial score (nSPS) is 15.0. The number of rotatable bonds is 7. The van der Waals surface area contributed by atoms with E-state index in [2.05, 4.69) is 36.1 Å². The van der Waals surface area contributed by atoms with E-state index in [9.17, 15) is 9.18 Å². The van der Waals surface area contributed by atoms with Crippen LogP contribution in [0.2, 0.25) is 0 Å². The lowest BCUT2D eigenvalue weighted by Crippen LogP contribution is -2.41. The molecule has 4 rings (SSSR count). The molecular formula is C24H30FN5O2S. The number of carbonyl (C=O) groups excluding carboxylic acids is 1. The Bertz CT molecular complexity index is 1080. The zero-order valence-corrected chi connectivity index (χ0v) is 20.1. The number of hydrogen-bond donors (Lipinski definition) is 1. The average Bonchev–Trinajstić information content (AvgIpc) is 3.42. The maximum Gasteiger partial charge on any atom is 0.226 e. The van der Waals surface area contributed by atoms with Crippen LogP contribution in [0.4, 0.5) is 4.39 Å². The van der Waals surface area contributed by atoms with Crippen LogP contribution in [0, 0.1) is 5.82 Å². The number of morpholine rings is 1.